The second-order valence-corrected chi connectivity index (χ2v) is 6.24. The Labute approximate surface area is 134 Å². The van der Waals surface area contributed by atoms with Crippen molar-refractivity contribution in [2.75, 3.05) is 33.3 Å². The molecule has 0 bridgehead atoms. The molecule has 0 atom stereocenters. The molecule has 1 aromatic rings. The van der Waals surface area contributed by atoms with Crippen LogP contribution < -0.4 is 16.0 Å². The van der Waals surface area contributed by atoms with E-state index in [0.29, 0.717) is 37.2 Å². The molecule has 7 heteroatoms. The zero-order valence-corrected chi connectivity index (χ0v) is 13.6. The number of amides is 2. The molecule has 2 heterocycles. The third-order valence-electron chi connectivity index (χ3n) is 3.89. The lowest BCUT2D eigenvalue weighted by Crippen LogP contribution is -2.54. The molecule has 2 rings (SSSR count). The number of nitrogens with one attached hydrogen (secondary N) is 3. The van der Waals surface area contributed by atoms with Crippen molar-refractivity contribution in [1.82, 2.24) is 16.0 Å². The fraction of sp³-hybridized carbons (Fsp3) is 0.600. The first-order valence-electron chi connectivity index (χ1n) is 7.54. The van der Waals surface area contributed by atoms with Gasteiger partial charge in [-0.15, -0.1) is 11.3 Å². The number of ether oxygens (including phenoxy) is 1. The lowest BCUT2D eigenvalue weighted by Gasteiger charge is -2.34. The summed E-state index contributed by atoms with van der Waals surface area (Å²) in [7, 11) is 1.59. The van der Waals surface area contributed by atoms with Crippen LogP contribution in [0, 0.1) is 0 Å². The molecule has 122 valence electrons. The number of carbonyl (C=O) groups excluding carboxylic acids is 2. The maximum Gasteiger partial charge on any atom is 0.261 e. The van der Waals surface area contributed by atoms with Gasteiger partial charge in [0.2, 0.25) is 0 Å². The van der Waals surface area contributed by atoms with Gasteiger partial charge in [0.15, 0.2) is 0 Å². The molecule has 1 saturated heterocycles. The van der Waals surface area contributed by atoms with Crippen molar-refractivity contribution in [3.8, 4) is 0 Å². The highest BCUT2D eigenvalue weighted by Gasteiger charge is 2.39. The summed E-state index contributed by atoms with van der Waals surface area (Å²) in [5.41, 5.74) is -0.703. The van der Waals surface area contributed by atoms with Crippen molar-refractivity contribution in [3.63, 3.8) is 0 Å². The third kappa shape index (κ3) is 4.28. The maximum atomic E-state index is 12.3. The van der Waals surface area contributed by atoms with E-state index in [1.165, 1.54) is 11.3 Å². The van der Waals surface area contributed by atoms with Gasteiger partial charge in [0, 0.05) is 20.2 Å². The Balaban J connectivity index is 1.65. The molecule has 2 amide bonds. The largest absolute Gasteiger partial charge is 0.368 e. The van der Waals surface area contributed by atoms with Gasteiger partial charge in [0.1, 0.15) is 5.60 Å². The molecule has 1 aliphatic rings. The number of thiophene rings is 1. The van der Waals surface area contributed by atoms with Crippen LogP contribution in [-0.2, 0) is 9.53 Å². The Hall–Kier alpha value is -1.44. The fourth-order valence-electron chi connectivity index (χ4n) is 2.50. The van der Waals surface area contributed by atoms with E-state index in [2.05, 4.69) is 16.0 Å². The second kappa shape index (κ2) is 8.26. The highest BCUT2D eigenvalue weighted by molar-refractivity contribution is 7.12. The minimum Gasteiger partial charge on any atom is -0.368 e. The van der Waals surface area contributed by atoms with Crippen molar-refractivity contribution in [1.29, 1.82) is 0 Å². The third-order valence-corrected chi connectivity index (χ3v) is 4.75. The number of carbonyl (C=O) groups is 2. The maximum absolute atomic E-state index is 12.3. The van der Waals surface area contributed by atoms with Crippen molar-refractivity contribution in [3.05, 3.63) is 22.4 Å². The van der Waals surface area contributed by atoms with Gasteiger partial charge in [0.05, 0.1) is 4.88 Å². The monoisotopic (exact) mass is 325 g/mol. The van der Waals surface area contributed by atoms with Crippen molar-refractivity contribution in [2.24, 2.45) is 0 Å². The predicted octanol–water partition coefficient (Wildman–Crippen LogP) is 0.753. The number of hydrogen-bond donors (Lipinski definition) is 3. The standard InChI is InChI=1S/C15H23N3O3S/c1-21-15(5-9-16-10-6-15)14(20)18-8-3-7-17-13(19)12-4-2-11-22-12/h2,4,11,16H,3,5-10H2,1H3,(H,17,19)(H,18,20). The summed E-state index contributed by atoms with van der Waals surface area (Å²) in [5, 5.41) is 10.9. The van der Waals surface area contributed by atoms with E-state index in [-0.39, 0.29) is 11.8 Å². The molecule has 1 fully saturated rings. The van der Waals surface area contributed by atoms with Crippen LogP contribution in [-0.4, -0.2) is 50.7 Å². The molecule has 0 radical (unpaired) electrons. The van der Waals surface area contributed by atoms with Crippen molar-refractivity contribution < 1.29 is 14.3 Å². The van der Waals surface area contributed by atoms with Crippen LogP contribution in [0.5, 0.6) is 0 Å². The summed E-state index contributed by atoms with van der Waals surface area (Å²) in [6.45, 7) is 2.65. The second-order valence-electron chi connectivity index (χ2n) is 5.29. The molecule has 0 aromatic carbocycles. The SMILES string of the molecule is COC1(C(=O)NCCCNC(=O)c2cccs2)CCNCC1. The molecule has 0 aliphatic carbocycles. The van der Waals surface area contributed by atoms with Crippen LogP contribution in [0.1, 0.15) is 28.9 Å². The van der Waals surface area contributed by atoms with E-state index in [9.17, 15) is 9.59 Å². The van der Waals surface area contributed by atoms with Crippen LogP contribution in [0.3, 0.4) is 0 Å². The molecule has 6 nitrogen and oxygen atoms in total. The first-order valence-corrected chi connectivity index (χ1v) is 8.42. The number of methoxy groups -OCH3 is 1. The molecular weight excluding hydrogens is 302 g/mol. The molecule has 1 aromatic heterocycles. The molecule has 0 spiro atoms. The molecule has 22 heavy (non-hydrogen) atoms. The minimum absolute atomic E-state index is 0.0546. The lowest BCUT2D eigenvalue weighted by molar-refractivity contribution is -0.146. The van der Waals surface area contributed by atoms with Gasteiger partial charge < -0.3 is 20.7 Å². The predicted molar refractivity (Wildman–Crippen MR) is 86.1 cm³/mol. The Kier molecular flexibility index (Phi) is 6.35. The smallest absolute Gasteiger partial charge is 0.261 e. The highest BCUT2D eigenvalue weighted by Crippen LogP contribution is 2.22. The zero-order chi connectivity index (χ0) is 15.8. The van der Waals surface area contributed by atoms with E-state index in [1.54, 1.807) is 13.2 Å². The number of rotatable bonds is 7. The summed E-state index contributed by atoms with van der Waals surface area (Å²) in [5.74, 6) is -0.117. The first kappa shape index (κ1) is 16.9. The molecule has 0 unspecified atom stereocenters. The van der Waals surface area contributed by atoms with Crippen LogP contribution >= 0.6 is 11.3 Å². The van der Waals surface area contributed by atoms with E-state index in [0.717, 1.165) is 13.1 Å². The van der Waals surface area contributed by atoms with Crippen LogP contribution in [0.2, 0.25) is 0 Å². The van der Waals surface area contributed by atoms with Gasteiger partial charge >= 0.3 is 0 Å². The van der Waals surface area contributed by atoms with Gasteiger partial charge in [-0.3, -0.25) is 9.59 Å². The van der Waals surface area contributed by atoms with Crippen LogP contribution in [0.25, 0.3) is 0 Å². The summed E-state index contributed by atoms with van der Waals surface area (Å²) in [4.78, 5) is 24.7. The van der Waals surface area contributed by atoms with E-state index in [4.69, 9.17) is 4.74 Å². The average Bonchev–Trinajstić information content (AvgIpc) is 3.09. The lowest BCUT2D eigenvalue weighted by atomic mass is 9.91. The Morgan fingerprint density at radius 3 is 2.68 bits per heavy atom. The van der Waals surface area contributed by atoms with E-state index >= 15 is 0 Å². The summed E-state index contributed by atoms with van der Waals surface area (Å²) in [6, 6.07) is 3.64. The topological polar surface area (TPSA) is 79.5 Å². The van der Waals surface area contributed by atoms with E-state index < -0.39 is 5.60 Å². The molecule has 0 saturated carbocycles. The van der Waals surface area contributed by atoms with Crippen molar-refractivity contribution >= 4 is 23.2 Å². The van der Waals surface area contributed by atoms with Crippen LogP contribution in [0.15, 0.2) is 17.5 Å². The van der Waals surface area contributed by atoms with Gasteiger partial charge in [-0.05, 0) is 43.8 Å². The Bertz CT molecular complexity index is 484. The van der Waals surface area contributed by atoms with E-state index in [1.807, 2.05) is 11.4 Å². The number of hydrogen-bond acceptors (Lipinski definition) is 5. The highest BCUT2D eigenvalue weighted by atomic mass is 32.1. The normalized spacial score (nSPS) is 17.0. The Morgan fingerprint density at radius 1 is 1.32 bits per heavy atom. The quantitative estimate of drug-likeness (QED) is 0.647. The van der Waals surface area contributed by atoms with Gasteiger partial charge in [0.25, 0.3) is 11.8 Å². The number of piperidine rings is 1. The summed E-state index contributed by atoms with van der Waals surface area (Å²) in [6.07, 6.45) is 2.07. The Morgan fingerprint density at radius 2 is 2.05 bits per heavy atom. The summed E-state index contributed by atoms with van der Waals surface area (Å²) >= 11 is 1.42. The van der Waals surface area contributed by atoms with Gasteiger partial charge in [-0.25, -0.2) is 0 Å². The van der Waals surface area contributed by atoms with Crippen molar-refractivity contribution in [2.45, 2.75) is 24.9 Å². The molecule has 1 aliphatic heterocycles. The zero-order valence-electron chi connectivity index (χ0n) is 12.8. The van der Waals surface area contributed by atoms with Crippen LogP contribution in [0.4, 0.5) is 0 Å². The molecular formula is C15H23N3O3S. The molecule has 3 N–H and O–H groups in total. The minimum atomic E-state index is -0.703. The first-order chi connectivity index (χ1) is 10.7. The summed E-state index contributed by atoms with van der Waals surface area (Å²) < 4.78 is 5.46. The van der Waals surface area contributed by atoms with Gasteiger partial charge in [-0.1, -0.05) is 6.07 Å². The van der Waals surface area contributed by atoms with Gasteiger partial charge in [-0.2, -0.15) is 0 Å². The fourth-order valence-corrected chi connectivity index (χ4v) is 3.14. The average molecular weight is 325 g/mol.